The van der Waals surface area contributed by atoms with E-state index in [4.69, 9.17) is 5.11 Å². The summed E-state index contributed by atoms with van der Waals surface area (Å²) in [5.74, 6) is -1.91. The van der Waals surface area contributed by atoms with Crippen LogP contribution in [0.4, 0.5) is 5.69 Å². The van der Waals surface area contributed by atoms with Crippen molar-refractivity contribution in [2.75, 3.05) is 4.72 Å². The van der Waals surface area contributed by atoms with Gasteiger partial charge in [0.1, 0.15) is 11.3 Å². The van der Waals surface area contributed by atoms with E-state index in [-0.39, 0.29) is 4.90 Å². The molecule has 110 valence electrons. The molecular weight excluding hydrogens is 296 g/mol. The maximum Gasteiger partial charge on any atom is 0.339 e. The van der Waals surface area contributed by atoms with Crippen molar-refractivity contribution < 1.29 is 23.4 Å². The maximum atomic E-state index is 12.2. The van der Waals surface area contributed by atoms with E-state index < -0.39 is 27.3 Å². The third-order valence-corrected chi connectivity index (χ3v) is 4.04. The number of benzene rings is 1. The lowest BCUT2D eigenvalue weighted by Crippen LogP contribution is -2.14. The van der Waals surface area contributed by atoms with Crippen molar-refractivity contribution >= 4 is 21.7 Å². The van der Waals surface area contributed by atoms with Gasteiger partial charge in [-0.25, -0.2) is 13.2 Å². The molecule has 1 aromatic heterocycles. The fourth-order valence-corrected chi connectivity index (χ4v) is 2.75. The lowest BCUT2D eigenvalue weighted by atomic mass is 10.2. The monoisotopic (exact) mass is 308 g/mol. The number of nitrogens with one attached hydrogen (secondary N) is 1. The first kappa shape index (κ1) is 14.8. The molecule has 0 aliphatic rings. The maximum absolute atomic E-state index is 12.2. The Morgan fingerprint density at radius 2 is 1.95 bits per heavy atom. The lowest BCUT2D eigenvalue weighted by Gasteiger charge is -2.09. The molecule has 7 nitrogen and oxygen atoms in total. The summed E-state index contributed by atoms with van der Waals surface area (Å²) < 4.78 is 26.7. The summed E-state index contributed by atoms with van der Waals surface area (Å²) >= 11 is 0. The van der Waals surface area contributed by atoms with Crippen molar-refractivity contribution in [3.8, 4) is 5.75 Å². The van der Waals surface area contributed by atoms with Crippen LogP contribution in [0.3, 0.4) is 0 Å². The Hall–Kier alpha value is -2.61. The molecule has 1 heterocycles. The zero-order valence-electron chi connectivity index (χ0n) is 10.9. The molecule has 0 fully saturated rings. The summed E-state index contributed by atoms with van der Waals surface area (Å²) in [7, 11) is -3.96. The van der Waals surface area contributed by atoms with Crippen LogP contribution in [0.2, 0.25) is 0 Å². The summed E-state index contributed by atoms with van der Waals surface area (Å²) in [4.78, 5) is 14.6. The number of hydrogen-bond acceptors (Lipinski definition) is 5. The SMILES string of the molecule is Cc1cc(NS(=O)(=O)c2ccc(O)c(C(=O)O)c2)ccn1. The van der Waals surface area contributed by atoms with Gasteiger partial charge in [-0.15, -0.1) is 0 Å². The Bertz CT molecular complexity index is 802. The molecule has 2 aromatic rings. The number of hydrogen-bond donors (Lipinski definition) is 3. The zero-order chi connectivity index (χ0) is 15.6. The number of nitrogens with zero attached hydrogens (tertiary/aromatic N) is 1. The lowest BCUT2D eigenvalue weighted by molar-refractivity contribution is 0.0693. The summed E-state index contributed by atoms with van der Waals surface area (Å²) in [6.07, 6.45) is 1.45. The average Bonchev–Trinajstić information content (AvgIpc) is 2.38. The van der Waals surface area contributed by atoms with Crippen LogP contribution in [0.1, 0.15) is 16.1 Å². The van der Waals surface area contributed by atoms with Crippen LogP contribution < -0.4 is 4.72 Å². The van der Waals surface area contributed by atoms with Crippen molar-refractivity contribution in [2.45, 2.75) is 11.8 Å². The van der Waals surface area contributed by atoms with Crippen LogP contribution in [0.25, 0.3) is 0 Å². The minimum absolute atomic E-state index is 0.257. The highest BCUT2D eigenvalue weighted by Gasteiger charge is 2.19. The topological polar surface area (TPSA) is 117 Å². The number of aromatic carboxylic acids is 1. The second-order valence-electron chi connectivity index (χ2n) is 4.28. The number of carboxylic acids is 1. The van der Waals surface area contributed by atoms with Gasteiger partial charge in [-0.05, 0) is 37.3 Å². The van der Waals surface area contributed by atoms with E-state index in [1.807, 2.05) is 0 Å². The molecule has 0 amide bonds. The Balaban J connectivity index is 2.40. The van der Waals surface area contributed by atoms with Crippen molar-refractivity contribution in [3.05, 3.63) is 47.8 Å². The second kappa shape index (κ2) is 5.41. The molecule has 2 rings (SSSR count). The molecule has 8 heteroatoms. The van der Waals surface area contributed by atoms with E-state index >= 15 is 0 Å². The van der Waals surface area contributed by atoms with Crippen LogP contribution >= 0.6 is 0 Å². The number of pyridine rings is 1. The summed E-state index contributed by atoms with van der Waals surface area (Å²) in [5, 5.41) is 18.3. The Morgan fingerprint density at radius 1 is 1.24 bits per heavy atom. The van der Waals surface area contributed by atoms with E-state index in [1.165, 1.54) is 18.3 Å². The Labute approximate surface area is 120 Å². The van der Waals surface area contributed by atoms with Crippen LogP contribution in [0.5, 0.6) is 5.75 Å². The molecule has 0 unspecified atom stereocenters. The minimum Gasteiger partial charge on any atom is -0.507 e. The molecule has 0 atom stereocenters. The summed E-state index contributed by atoms with van der Waals surface area (Å²) in [5.41, 5.74) is 0.461. The first-order valence-electron chi connectivity index (χ1n) is 5.81. The van der Waals surface area contributed by atoms with Gasteiger partial charge in [0, 0.05) is 11.9 Å². The molecule has 0 bridgehead atoms. The van der Waals surface area contributed by atoms with Crippen molar-refractivity contribution in [3.63, 3.8) is 0 Å². The van der Waals surface area contributed by atoms with Gasteiger partial charge in [-0.1, -0.05) is 0 Å². The molecule has 0 aliphatic carbocycles. The van der Waals surface area contributed by atoms with Gasteiger partial charge in [0.2, 0.25) is 0 Å². The molecule has 0 aliphatic heterocycles. The summed E-state index contributed by atoms with van der Waals surface area (Å²) in [6.45, 7) is 1.71. The molecule has 3 N–H and O–H groups in total. The zero-order valence-corrected chi connectivity index (χ0v) is 11.8. The van der Waals surface area contributed by atoms with Crippen LogP contribution in [-0.2, 0) is 10.0 Å². The highest BCUT2D eigenvalue weighted by Crippen LogP contribution is 2.23. The van der Waals surface area contributed by atoms with E-state index in [9.17, 15) is 18.3 Å². The van der Waals surface area contributed by atoms with Crippen molar-refractivity contribution in [2.24, 2.45) is 0 Å². The fourth-order valence-electron chi connectivity index (χ4n) is 1.68. The Morgan fingerprint density at radius 3 is 2.57 bits per heavy atom. The van der Waals surface area contributed by atoms with Gasteiger partial charge >= 0.3 is 5.97 Å². The molecule has 1 aromatic carbocycles. The predicted molar refractivity (Wildman–Crippen MR) is 74.8 cm³/mol. The highest BCUT2D eigenvalue weighted by atomic mass is 32.2. The third-order valence-electron chi connectivity index (χ3n) is 2.66. The number of aromatic nitrogens is 1. The molecular formula is C13H12N2O5S. The van der Waals surface area contributed by atoms with Crippen LogP contribution in [-0.4, -0.2) is 29.6 Å². The van der Waals surface area contributed by atoms with Gasteiger partial charge in [0.25, 0.3) is 10.0 Å². The number of carbonyl (C=O) groups is 1. The predicted octanol–water partition coefficient (Wildman–Crippen LogP) is 1.59. The van der Waals surface area contributed by atoms with Gasteiger partial charge in [0.05, 0.1) is 10.6 Å². The van der Waals surface area contributed by atoms with Crippen LogP contribution in [0, 0.1) is 6.92 Å². The van der Waals surface area contributed by atoms with Gasteiger partial charge < -0.3 is 10.2 Å². The van der Waals surface area contributed by atoms with Crippen LogP contribution in [0.15, 0.2) is 41.4 Å². The molecule has 0 radical (unpaired) electrons. The first-order chi connectivity index (χ1) is 9.79. The number of phenols is 1. The number of aryl methyl sites for hydroxylation is 1. The van der Waals surface area contributed by atoms with E-state index in [0.29, 0.717) is 11.4 Å². The standard InChI is InChI=1S/C13H12N2O5S/c1-8-6-9(4-5-14-8)15-21(19,20)10-2-3-12(16)11(7-10)13(17)18/h2-7,16H,1H3,(H,14,15)(H,17,18). The molecule has 0 saturated heterocycles. The number of sulfonamides is 1. The largest absolute Gasteiger partial charge is 0.507 e. The van der Waals surface area contributed by atoms with E-state index in [2.05, 4.69) is 9.71 Å². The number of anilines is 1. The second-order valence-corrected chi connectivity index (χ2v) is 5.96. The van der Waals surface area contributed by atoms with Gasteiger partial charge in [-0.3, -0.25) is 9.71 Å². The molecule has 0 saturated carbocycles. The third kappa shape index (κ3) is 3.29. The molecule has 21 heavy (non-hydrogen) atoms. The number of carboxylic acid groups (broad SMARTS) is 1. The fraction of sp³-hybridized carbons (Fsp3) is 0.0769. The van der Waals surface area contributed by atoms with E-state index in [1.54, 1.807) is 6.92 Å². The first-order valence-corrected chi connectivity index (χ1v) is 7.30. The Kier molecular flexibility index (Phi) is 3.81. The van der Waals surface area contributed by atoms with Crippen molar-refractivity contribution in [1.29, 1.82) is 0 Å². The van der Waals surface area contributed by atoms with Crippen molar-refractivity contribution in [1.82, 2.24) is 4.98 Å². The normalized spacial score (nSPS) is 11.1. The number of rotatable bonds is 4. The van der Waals surface area contributed by atoms with Gasteiger partial charge in [-0.2, -0.15) is 0 Å². The van der Waals surface area contributed by atoms with E-state index in [0.717, 1.165) is 18.2 Å². The highest BCUT2D eigenvalue weighted by molar-refractivity contribution is 7.92. The number of aromatic hydroxyl groups is 1. The smallest absolute Gasteiger partial charge is 0.339 e. The minimum atomic E-state index is -3.96. The quantitative estimate of drug-likeness (QED) is 0.789. The average molecular weight is 308 g/mol. The summed E-state index contributed by atoms with van der Waals surface area (Å²) in [6, 6.07) is 6.06. The molecule has 0 spiro atoms. The van der Waals surface area contributed by atoms with Gasteiger partial charge in [0.15, 0.2) is 0 Å².